The Balaban J connectivity index is 2.00. The van der Waals surface area contributed by atoms with Crippen LogP contribution in [0.2, 0.25) is 0 Å². The number of benzene rings is 1. The molecule has 20 heavy (non-hydrogen) atoms. The molecule has 1 aromatic carbocycles. The molecule has 0 bridgehead atoms. The number of methoxy groups -OCH3 is 1. The molecular weight excluding hydrogens is 254 g/mol. The Morgan fingerprint density at radius 1 is 1.15 bits per heavy atom. The van der Waals surface area contributed by atoms with Crippen LogP contribution >= 0.6 is 0 Å². The normalized spacial score (nSPS) is 10.5. The van der Waals surface area contributed by atoms with Crippen molar-refractivity contribution in [3.63, 3.8) is 0 Å². The van der Waals surface area contributed by atoms with Crippen LogP contribution in [0.1, 0.15) is 11.3 Å². The summed E-state index contributed by atoms with van der Waals surface area (Å²) in [7, 11) is 3.57. The second-order valence-corrected chi connectivity index (χ2v) is 4.37. The van der Waals surface area contributed by atoms with Crippen LogP contribution in [0.5, 0.6) is 11.6 Å². The van der Waals surface area contributed by atoms with Gasteiger partial charge < -0.3 is 14.8 Å². The summed E-state index contributed by atoms with van der Waals surface area (Å²) in [5.74, 6) is 1.25. The topological polar surface area (TPSA) is 56.3 Å². The molecule has 0 aliphatic heterocycles. The lowest BCUT2D eigenvalue weighted by Crippen LogP contribution is -2.07. The van der Waals surface area contributed by atoms with E-state index in [-0.39, 0.29) is 0 Å². The Morgan fingerprint density at radius 3 is 2.65 bits per heavy atom. The molecule has 0 spiro atoms. The van der Waals surface area contributed by atoms with Crippen LogP contribution in [-0.2, 0) is 17.7 Å². The number of hydrogen-bond donors (Lipinski definition) is 1. The SMILES string of the molecule is CNCc1cncc(Oc2ccc(CCOC)cc2)n1. The van der Waals surface area contributed by atoms with Gasteiger partial charge in [-0.05, 0) is 31.2 Å². The van der Waals surface area contributed by atoms with Crippen molar-refractivity contribution < 1.29 is 9.47 Å². The van der Waals surface area contributed by atoms with Crippen molar-refractivity contribution in [3.05, 3.63) is 47.9 Å². The third-order valence-corrected chi connectivity index (χ3v) is 2.76. The fraction of sp³-hybridized carbons (Fsp3) is 0.333. The molecule has 0 aliphatic carbocycles. The van der Waals surface area contributed by atoms with Crippen LogP contribution < -0.4 is 10.1 Å². The van der Waals surface area contributed by atoms with Crippen molar-refractivity contribution in [1.29, 1.82) is 0 Å². The molecule has 0 unspecified atom stereocenters. The highest BCUT2D eigenvalue weighted by Crippen LogP contribution is 2.19. The molecule has 0 fully saturated rings. The fourth-order valence-corrected chi connectivity index (χ4v) is 1.77. The summed E-state index contributed by atoms with van der Waals surface area (Å²) in [6.45, 7) is 1.39. The quantitative estimate of drug-likeness (QED) is 0.838. The number of hydrogen-bond acceptors (Lipinski definition) is 5. The van der Waals surface area contributed by atoms with Crippen molar-refractivity contribution in [3.8, 4) is 11.6 Å². The summed E-state index contributed by atoms with van der Waals surface area (Å²) in [5, 5.41) is 3.03. The molecule has 106 valence electrons. The predicted octanol–water partition coefficient (Wildman–Crippen LogP) is 2.18. The lowest BCUT2D eigenvalue weighted by atomic mass is 10.1. The van der Waals surface area contributed by atoms with E-state index in [9.17, 15) is 0 Å². The van der Waals surface area contributed by atoms with Gasteiger partial charge in [-0.2, -0.15) is 0 Å². The van der Waals surface area contributed by atoms with E-state index in [4.69, 9.17) is 9.47 Å². The molecule has 1 N–H and O–H groups in total. The number of nitrogens with zero attached hydrogens (tertiary/aromatic N) is 2. The van der Waals surface area contributed by atoms with Crippen LogP contribution in [0.15, 0.2) is 36.7 Å². The van der Waals surface area contributed by atoms with Crippen molar-refractivity contribution in [2.45, 2.75) is 13.0 Å². The standard InChI is InChI=1S/C15H19N3O2/c1-16-9-13-10-17-11-15(18-13)20-14-5-3-12(4-6-14)7-8-19-2/h3-6,10-11,16H,7-9H2,1-2H3. The molecule has 2 rings (SSSR count). The number of rotatable bonds is 7. The zero-order chi connectivity index (χ0) is 14.2. The van der Waals surface area contributed by atoms with E-state index in [0.717, 1.165) is 24.5 Å². The zero-order valence-corrected chi connectivity index (χ0v) is 11.8. The summed E-state index contributed by atoms with van der Waals surface area (Å²) in [4.78, 5) is 8.48. The molecule has 2 aromatic rings. The Morgan fingerprint density at radius 2 is 1.95 bits per heavy atom. The average molecular weight is 273 g/mol. The van der Waals surface area contributed by atoms with Crippen LogP contribution in [0.25, 0.3) is 0 Å². The second-order valence-electron chi connectivity index (χ2n) is 4.37. The highest BCUT2D eigenvalue weighted by molar-refractivity contribution is 5.30. The summed E-state index contributed by atoms with van der Waals surface area (Å²) in [6, 6.07) is 7.91. The van der Waals surface area contributed by atoms with Gasteiger partial charge in [0.2, 0.25) is 5.88 Å². The molecule has 1 aromatic heterocycles. The van der Waals surface area contributed by atoms with Gasteiger partial charge in [0.15, 0.2) is 0 Å². The maximum absolute atomic E-state index is 5.69. The first-order chi connectivity index (χ1) is 9.81. The Kier molecular flexibility index (Phi) is 5.46. The van der Waals surface area contributed by atoms with E-state index in [0.29, 0.717) is 12.4 Å². The molecule has 0 atom stereocenters. The van der Waals surface area contributed by atoms with Gasteiger partial charge in [-0.15, -0.1) is 0 Å². The van der Waals surface area contributed by atoms with Gasteiger partial charge in [-0.3, -0.25) is 4.98 Å². The third kappa shape index (κ3) is 4.29. The Labute approximate surface area is 119 Å². The summed E-state index contributed by atoms with van der Waals surface area (Å²) in [5.41, 5.74) is 2.07. The lowest BCUT2D eigenvalue weighted by Gasteiger charge is -2.07. The molecule has 0 amide bonds. The summed E-state index contributed by atoms with van der Waals surface area (Å²) in [6.07, 6.45) is 4.23. The third-order valence-electron chi connectivity index (χ3n) is 2.76. The first kappa shape index (κ1) is 14.4. The molecule has 0 saturated heterocycles. The highest BCUT2D eigenvalue weighted by atomic mass is 16.5. The first-order valence-electron chi connectivity index (χ1n) is 6.53. The van der Waals surface area contributed by atoms with E-state index >= 15 is 0 Å². The van der Waals surface area contributed by atoms with E-state index in [2.05, 4.69) is 15.3 Å². The molecule has 5 nitrogen and oxygen atoms in total. The molecular formula is C15H19N3O2. The average Bonchev–Trinajstić information content (AvgIpc) is 2.47. The second kappa shape index (κ2) is 7.57. The fourth-order valence-electron chi connectivity index (χ4n) is 1.77. The van der Waals surface area contributed by atoms with Crippen LogP contribution in [0.4, 0.5) is 0 Å². The minimum Gasteiger partial charge on any atom is -0.437 e. The molecule has 1 heterocycles. The highest BCUT2D eigenvalue weighted by Gasteiger charge is 2.02. The van der Waals surface area contributed by atoms with E-state index < -0.39 is 0 Å². The van der Waals surface area contributed by atoms with Crippen molar-refractivity contribution >= 4 is 0 Å². The monoisotopic (exact) mass is 273 g/mol. The Bertz CT molecular complexity index is 529. The van der Waals surface area contributed by atoms with Gasteiger partial charge in [-0.1, -0.05) is 12.1 Å². The number of aromatic nitrogens is 2. The van der Waals surface area contributed by atoms with Crippen LogP contribution in [0.3, 0.4) is 0 Å². The van der Waals surface area contributed by atoms with Crippen molar-refractivity contribution in [2.75, 3.05) is 20.8 Å². The number of nitrogens with one attached hydrogen (secondary N) is 1. The zero-order valence-electron chi connectivity index (χ0n) is 11.8. The van der Waals surface area contributed by atoms with Crippen molar-refractivity contribution in [1.82, 2.24) is 15.3 Å². The van der Waals surface area contributed by atoms with Crippen LogP contribution in [-0.4, -0.2) is 30.7 Å². The van der Waals surface area contributed by atoms with E-state index in [1.165, 1.54) is 5.56 Å². The molecule has 0 aliphatic rings. The summed E-state index contributed by atoms with van der Waals surface area (Å²) < 4.78 is 10.7. The smallest absolute Gasteiger partial charge is 0.238 e. The molecule has 0 radical (unpaired) electrons. The summed E-state index contributed by atoms with van der Waals surface area (Å²) >= 11 is 0. The van der Waals surface area contributed by atoms with Gasteiger partial charge in [0.1, 0.15) is 5.75 Å². The minimum atomic E-state index is 0.502. The van der Waals surface area contributed by atoms with Gasteiger partial charge in [0.25, 0.3) is 0 Å². The lowest BCUT2D eigenvalue weighted by molar-refractivity contribution is 0.202. The first-order valence-corrected chi connectivity index (χ1v) is 6.53. The van der Waals surface area contributed by atoms with Crippen molar-refractivity contribution in [2.24, 2.45) is 0 Å². The van der Waals surface area contributed by atoms with Gasteiger partial charge in [0.05, 0.1) is 18.5 Å². The maximum atomic E-state index is 5.69. The number of ether oxygens (including phenoxy) is 2. The molecule has 5 heteroatoms. The Hall–Kier alpha value is -1.98. The largest absolute Gasteiger partial charge is 0.437 e. The minimum absolute atomic E-state index is 0.502. The van der Waals surface area contributed by atoms with Gasteiger partial charge in [-0.25, -0.2) is 4.98 Å². The van der Waals surface area contributed by atoms with Gasteiger partial charge in [0, 0.05) is 19.9 Å². The van der Waals surface area contributed by atoms with Crippen LogP contribution in [0, 0.1) is 0 Å². The van der Waals surface area contributed by atoms with E-state index in [1.54, 1.807) is 19.5 Å². The molecule has 0 saturated carbocycles. The predicted molar refractivity (Wildman–Crippen MR) is 76.9 cm³/mol. The maximum Gasteiger partial charge on any atom is 0.238 e. The van der Waals surface area contributed by atoms with Gasteiger partial charge >= 0.3 is 0 Å². The van der Waals surface area contributed by atoms with E-state index in [1.807, 2.05) is 31.3 Å².